The number of nitrogens with one attached hydrogen (secondary N) is 1. The summed E-state index contributed by atoms with van der Waals surface area (Å²) in [5, 5.41) is 2.63. The summed E-state index contributed by atoms with van der Waals surface area (Å²) in [7, 11) is -4.18. The van der Waals surface area contributed by atoms with Gasteiger partial charge in [-0.3, -0.25) is 9.59 Å². The number of nitrogens with zero attached hydrogens (tertiary/aromatic N) is 1. The van der Waals surface area contributed by atoms with Crippen molar-refractivity contribution in [1.82, 2.24) is 4.31 Å². The number of esters is 1. The van der Waals surface area contributed by atoms with E-state index in [0.717, 1.165) is 11.1 Å². The number of hydrogen-bond acceptors (Lipinski definition) is 6. The lowest BCUT2D eigenvalue weighted by Gasteiger charge is -2.24. The predicted octanol–water partition coefficient (Wildman–Crippen LogP) is 2.80. The van der Waals surface area contributed by atoms with Crippen molar-refractivity contribution in [2.45, 2.75) is 44.6 Å². The summed E-state index contributed by atoms with van der Waals surface area (Å²) < 4.78 is 31.9. The number of aryl methyl sites for hydroxylation is 2. The average molecular weight is 445 g/mol. The molecule has 1 atom stereocenters. The molecule has 0 aromatic heterocycles. The summed E-state index contributed by atoms with van der Waals surface area (Å²) in [5.41, 5.74) is 2.40. The molecule has 0 bridgehead atoms. The van der Waals surface area contributed by atoms with Gasteiger partial charge in [0.05, 0.1) is 17.1 Å². The second kappa shape index (κ2) is 8.89. The van der Waals surface area contributed by atoms with Gasteiger partial charge in [0.2, 0.25) is 11.8 Å². The van der Waals surface area contributed by atoms with Gasteiger partial charge in [-0.2, -0.15) is 0 Å². The van der Waals surface area contributed by atoms with Crippen molar-refractivity contribution in [3.63, 3.8) is 0 Å². The minimum absolute atomic E-state index is 0.0255. The van der Waals surface area contributed by atoms with Crippen LogP contribution in [-0.4, -0.2) is 43.2 Å². The van der Waals surface area contributed by atoms with Crippen LogP contribution >= 0.6 is 0 Å². The SMILES string of the molecule is CCOC(=O)c1ccc(NC(=O)[C@H]2CCC(=O)N2S(=O)(=O)c2ccc(C)c(C)c2)cc1. The lowest BCUT2D eigenvalue weighted by atomic mass is 10.1. The number of anilines is 1. The molecule has 0 saturated carbocycles. The normalized spacial score (nSPS) is 16.3. The fraction of sp³-hybridized carbons (Fsp3) is 0.318. The number of carbonyl (C=O) groups is 3. The van der Waals surface area contributed by atoms with E-state index >= 15 is 0 Å². The smallest absolute Gasteiger partial charge is 0.338 e. The van der Waals surface area contributed by atoms with E-state index in [4.69, 9.17) is 4.74 Å². The van der Waals surface area contributed by atoms with Crippen molar-refractivity contribution in [1.29, 1.82) is 0 Å². The van der Waals surface area contributed by atoms with Crippen molar-refractivity contribution in [2.24, 2.45) is 0 Å². The van der Waals surface area contributed by atoms with Gasteiger partial charge >= 0.3 is 5.97 Å². The highest BCUT2D eigenvalue weighted by Crippen LogP contribution is 2.29. The number of carbonyl (C=O) groups excluding carboxylic acids is 3. The van der Waals surface area contributed by atoms with Crippen LogP contribution in [0.3, 0.4) is 0 Å². The number of sulfonamides is 1. The second-order valence-electron chi connectivity index (χ2n) is 7.28. The Morgan fingerprint density at radius 2 is 1.77 bits per heavy atom. The average Bonchev–Trinajstić information content (AvgIpc) is 3.13. The minimum atomic E-state index is -4.18. The number of benzene rings is 2. The highest BCUT2D eigenvalue weighted by atomic mass is 32.2. The van der Waals surface area contributed by atoms with E-state index in [9.17, 15) is 22.8 Å². The second-order valence-corrected chi connectivity index (χ2v) is 9.10. The fourth-order valence-electron chi connectivity index (χ4n) is 3.32. The summed E-state index contributed by atoms with van der Waals surface area (Å²) >= 11 is 0. The highest BCUT2D eigenvalue weighted by molar-refractivity contribution is 7.89. The molecule has 2 amide bonds. The molecule has 2 aromatic rings. The molecule has 1 heterocycles. The first-order valence-electron chi connectivity index (χ1n) is 9.87. The highest BCUT2D eigenvalue weighted by Gasteiger charge is 2.44. The lowest BCUT2D eigenvalue weighted by molar-refractivity contribution is -0.128. The molecule has 164 valence electrons. The van der Waals surface area contributed by atoms with Crippen molar-refractivity contribution < 1.29 is 27.5 Å². The van der Waals surface area contributed by atoms with Crippen LogP contribution in [0.15, 0.2) is 47.4 Å². The van der Waals surface area contributed by atoms with E-state index in [1.807, 2.05) is 6.92 Å². The van der Waals surface area contributed by atoms with Gasteiger partial charge in [0.1, 0.15) is 6.04 Å². The van der Waals surface area contributed by atoms with Crippen LogP contribution in [0.2, 0.25) is 0 Å². The van der Waals surface area contributed by atoms with Gasteiger partial charge in [-0.15, -0.1) is 0 Å². The molecule has 9 heteroatoms. The third kappa shape index (κ3) is 4.61. The largest absolute Gasteiger partial charge is 0.462 e. The Morgan fingerprint density at radius 1 is 1.10 bits per heavy atom. The third-order valence-corrected chi connectivity index (χ3v) is 6.99. The molecule has 0 spiro atoms. The van der Waals surface area contributed by atoms with Crippen molar-refractivity contribution in [3.05, 3.63) is 59.2 Å². The molecule has 1 fully saturated rings. The van der Waals surface area contributed by atoms with Crippen LogP contribution < -0.4 is 5.32 Å². The van der Waals surface area contributed by atoms with Crippen LogP contribution in [-0.2, 0) is 24.3 Å². The number of rotatable bonds is 6. The van der Waals surface area contributed by atoms with Crippen LogP contribution in [0.25, 0.3) is 0 Å². The van der Waals surface area contributed by atoms with Gasteiger partial charge in [0.25, 0.3) is 10.0 Å². The van der Waals surface area contributed by atoms with Crippen LogP contribution in [0.5, 0.6) is 0 Å². The molecule has 1 aliphatic rings. The maximum Gasteiger partial charge on any atom is 0.338 e. The summed E-state index contributed by atoms with van der Waals surface area (Å²) in [6.07, 6.45) is 0.0552. The van der Waals surface area contributed by atoms with Gasteiger partial charge in [0, 0.05) is 12.1 Å². The zero-order chi connectivity index (χ0) is 22.8. The van der Waals surface area contributed by atoms with Gasteiger partial charge in [-0.1, -0.05) is 6.07 Å². The molecular weight excluding hydrogens is 420 g/mol. The molecule has 0 unspecified atom stereocenters. The Morgan fingerprint density at radius 3 is 2.39 bits per heavy atom. The quantitative estimate of drug-likeness (QED) is 0.686. The van der Waals surface area contributed by atoms with Gasteiger partial charge in [0.15, 0.2) is 0 Å². The van der Waals surface area contributed by atoms with E-state index in [0.29, 0.717) is 15.6 Å². The van der Waals surface area contributed by atoms with Gasteiger partial charge in [-0.25, -0.2) is 17.5 Å². The monoisotopic (exact) mass is 444 g/mol. The van der Waals surface area contributed by atoms with Crippen molar-refractivity contribution >= 4 is 33.5 Å². The Hall–Kier alpha value is -3.20. The summed E-state index contributed by atoms with van der Waals surface area (Å²) in [6, 6.07) is 9.48. The Balaban J connectivity index is 1.81. The molecule has 0 radical (unpaired) electrons. The zero-order valence-corrected chi connectivity index (χ0v) is 18.4. The van der Waals surface area contributed by atoms with Gasteiger partial charge in [-0.05, 0) is 74.7 Å². The molecule has 1 saturated heterocycles. The third-order valence-electron chi connectivity index (χ3n) is 5.16. The molecule has 1 aliphatic heterocycles. The first-order valence-corrected chi connectivity index (χ1v) is 11.3. The maximum atomic E-state index is 13.1. The van der Waals surface area contributed by atoms with E-state index < -0.39 is 33.8 Å². The van der Waals surface area contributed by atoms with Crippen LogP contribution in [0.1, 0.15) is 41.3 Å². The zero-order valence-electron chi connectivity index (χ0n) is 17.5. The summed E-state index contributed by atoms with van der Waals surface area (Å²) in [5.74, 6) is -1.70. The molecule has 3 rings (SSSR count). The Bertz CT molecular complexity index is 1130. The van der Waals surface area contributed by atoms with E-state index in [1.54, 1.807) is 19.9 Å². The van der Waals surface area contributed by atoms with Crippen LogP contribution in [0, 0.1) is 13.8 Å². The molecule has 2 aromatic carbocycles. The fourth-order valence-corrected chi connectivity index (χ4v) is 5.01. The first kappa shape index (κ1) is 22.5. The minimum Gasteiger partial charge on any atom is -0.462 e. The summed E-state index contributed by atoms with van der Waals surface area (Å²) in [6.45, 7) is 5.59. The topological polar surface area (TPSA) is 110 Å². The van der Waals surface area contributed by atoms with E-state index in [2.05, 4.69) is 5.32 Å². The Labute approximate surface area is 181 Å². The molecule has 1 N–H and O–H groups in total. The van der Waals surface area contributed by atoms with E-state index in [1.165, 1.54) is 36.4 Å². The molecule has 8 nitrogen and oxygen atoms in total. The number of amides is 2. The Kier molecular flexibility index (Phi) is 6.45. The lowest BCUT2D eigenvalue weighted by Crippen LogP contribution is -2.45. The number of ether oxygens (including phenoxy) is 1. The first-order chi connectivity index (χ1) is 14.6. The molecule has 0 aliphatic carbocycles. The number of hydrogen-bond donors (Lipinski definition) is 1. The molecule has 31 heavy (non-hydrogen) atoms. The molecular formula is C22H24N2O6S. The summed E-state index contributed by atoms with van der Waals surface area (Å²) in [4.78, 5) is 37.0. The predicted molar refractivity (Wildman–Crippen MR) is 114 cm³/mol. The van der Waals surface area contributed by atoms with E-state index in [-0.39, 0.29) is 24.3 Å². The van der Waals surface area contributed by atoms with Crippen LogP contribution in [0.4, 0.5) is 5.69 Å². The van der Waals surface area contributed by atoms with Crippen molar-refractivity contribution in [2.75, 3.05) is 11.9 Å². The standard InChI is InChI=1S/C22H24N2O6S/c1-4-30-22(27)16-6-8-17(9-7-16)23-21(26)19-11-12-20(25)24(19)31(28,29)18-10-5-14(2)15(3)13-18/h5-10,13,19H,4,11-12H2,1-3H3,(H,23,26)/t19-/m1/s1. The maximum absolute atomic E-state index is 13.1. The van der Waals surface area contributed by atoms with Gasteiger partial charge < -0.3 is 10.1 Å². The van der Waals surface area contributed by atoms with Crippen molar-refractivity contribution in [3.8, 4) is 0 Å².